The molecule has 0 saturated heterocycles. The zero-order valence-electron chi connectivity index (χ0n) is 13.9. The van der Waals surface area contributed by atoms with Gasteiger partial charge in [0.05, 0.1) is 16.6 Å². The Morgan fingerprint density at radius 2 is 1.85 bits per heavy atom. The van der Waals surface area contributed by atoms with E-state index in [2.05, 4.69) is 10.3 Å². The van der Waals surface area contributed by atoms with E-state index in [1.807, 2.05) is 30.3 Å². The maximum Gasteiger partial charge on any atom is 0.273 e. The van der Waals surface area contributed by atoms with E-state index in [0.29, 0.717) is 21.4 Å². The SMILES string of the molecule is CN(CC(=O)Nc1ccc(Cl)c(Cl)c1)C(=O)c1nccc2ccccc12. The number of hydrogen-bond donors (Lipinski definition) is 1. The number of benzene rings is 2. The van der Waals surface area contributed by atoms with Crippen LogP contribution >= 0.6 is 23.2 Å². The third-order valence-electron chi connectivity index (χ3n) is 3.81. The first-order chi connectivity index (χ1) is 12.5. The van der Waals surface area contributed by atoms with Crippen molar-refractivity contribution >= 4 is 51.5 Å². The zero-order valence-corrected chi connectivity index (χ0v) is 15.4. The fraction of sp³-hybridized carbons (Fsp3) is 0.105. The lowest BCUT2D eigenvalue weighted by Crippen LogP contribution is -2.35. The molecule has 0 aliphatic rings. The second-order valence-corrected chi connectivity index (χ2v) is 6.53. The highest BCUT2D eigenvalue weighted by atomic mass is 35.5. The molecular weight excluding hydrogens is 373 g/mol. The van der Waals surface area contributed by atoms with Crippen LogP contribution in [0.5, 0.6) is 0 Å². The van der Waals surface area contributed by atoms with Gasteiger partial charge in [0.15, 0.2) is 0 Å². The molecule has 26 heavy (non-hydrogen) atoms. The van der Waals surface area contributed by atoms with Crippen LogP contribution in [-0.2, 0) is 4.79 Å². The summed E-state index contributed by atoms with van der Waals surface area (Å²) in [6.45, 7) is -0.121. The Bertz CT molecular complexity index is 986. The predicted molar refractivity (Wildman–Crippen MR) is 104 cm³/mol. The third-order valence-corrected chi connectivity index (χ3v) is 4.55. The van der Waals surface area contributed by atoms with Crippen molar-refractivity contribution in [3.8, 4) is 0 Å². The second kappa shape index (κ2) is 7.72. The van der Waals surface area contributed by atoms with Gasteiger partial charge in [-0.1, -0.05) is 47.5 Å². The van der Waals surface area contributed by atoms with E-state index in [-0.39, 0.29) is 18.4 Å². The summed E-state index contributed by atoms with van der Waals surface area (Å²) in [5.41, 5.74) is 0.821. The highest BCUT2D eigenvalue weighted by molar-refractivity contribution is 6.42. The summed E-state index contributed by atoms with van der Waals surface area (Å²) in [5, 5.41) is 5.09. The van der Waals surface area contributed by atoms with Crippen LogP contribution in [0.15, 0.2) is 54.7 Å². The van der Waals surface area contributed by atoms with Gasteiger partial charge in [0.2, 0.25) is 5.91 Å². The first kappa shape index (κ1) is 18.2. The molecule has 0 spiro atoms. The number of amides is 2. The minimum atomic E-state index is -0.348. The van der Waals surface area contributed by atoms with E-state index in [1.54, 1.807) is 31.4 Å². The van der Waals surface area contributed by atoms with Gasteiger partial charge in [-0.05, 0) is 29.7 Å². The van der Waals surface area contributed by atoms with Crippen LogP contribution < -0.4 is 5.32 Å². The number of anilines is 1. The maximum atomic E-state index is 12.7. The van der Waals surface area contributed by atoms with E-state index in [4.69, 9.17) is 23.2 Å². The molecule has 3 aromatic rings. The van der Waals surface area contributed by atoms with Crippen molar-refractivity contribution in [2.45, 2.75) is 0 Å². The van der Waals surface area contributed by atoms with Gasteiger partial charge < -0.3 is 10.2 Å². The Morgan fingerprint density at radius 1 is 1.08 bits per heavy atom. The van der Waals surface area contributed by atoms with Gasteiger partial charge in [-0.3, -0.25) is 14.6 Å². The lowest BCUT2D eigenvalue weighted by molar-refractivity contribution is -0.116. The van der Waals surface area contributed by atoms with Crippen molar-refractivity contribution in [1.29, 1.82) is 0 Å². The molecule has 2 aromatic carbocycles. The molecule has 0 atom stereocenters. The third kappa shape index (κ3) is 3.95. The second-order valence-electron chi connectivity index (χ2n) is 5.72. The van der Waals surface area contributed by atoms with E-state index < -0.39 is 0 Å². The highest BCUT2D eigenvalue weighted by Crippen LogP contribution is 2.25. The Kier molecular flexibility index (Phi) is 5.40. The Morgan fingerprint density at radius 3 is 2.62 bits per heavy atom. The molecule has 1 heterocycles. The number of likely N-dealkylation sites (N-methyl/N-ethyl adjacent to an activating group) is 1. The Labute approximate surface area is 160 Å². The molecule has 0 aliphatic heterocycles. The summed E-state index contributed by atoms with van der Waals surface area (Å²) in [7, 11) is 1.56. The van der Waals surface area contributed by atoms with Gasteiger partial charge >= 0.3 is 0 Å². The van der Waals surface area contributed by atoms with Gasteiger partial charge in [0.25, 0.3) is 5.91 Å². The number of aromatic nitrogens is 1. The molecule has 3 rings (SSSR count). The van der Waals surface area contributed by atoms with E-state index in [1.165, 1.54) is 4.90 Å². The molecule has 0 saturated carbocycles. The van der Waals surface area contributed by atoms with E-state index in [0.717, 1.165) is 10.8 Å². The minimum Gasteiger partial charge on any atom is -0.331 e. The fourth-order valence-electron chi connectivity index (χ4n) is 2.53. The Balaban J connectivity index is 1.72. The first-order valence-electron chi connectivity index (χ1n) is 7.80. The van der Waals surface area contributed by atoms with Gasteiger partial charge in [0, 0.05) is 24.3 Å². The monoisotopic (exact) mass is 387 g/mol. The van der Waals surface area contributed by atoms with Crippen LogP contribution in [0.1, 0.15) is 10.5 Å². The van der Waals surface area contributed by atoms with Crippen molar-refractivity contribution < 1.29 is 9.59 Å². The van der Waals surface area contributed by atoms with Gasteiger partial charge in [0.1, 0.15) is 5.69 Å². The van der Waals surface area contributed by atoms with Crippen LogP contribution in [0.3, 0.4) is 0 Å². The van der Waals surface area contributed by atoms with Crippen LogP contribution in [-0.4, -0.2) is 35.3 Å². The van der Waals surface area contributed by atoms with E-state index in [9.17, 15) is 9.59 Å². The number of nitrogens with one attached hydrogen (secondary N) is 1. The molecular formula is C19H15Cl2N3O2. The topological polar surface area (TPSA) is 62.3 Å². The summed E-state index contributed by atoms with van der Waals surface area (Å²) >= 11 is 11.8. The van der Waals surface area contributed by atoms with Crippen molar-refractivity contribution in [1.82, 2.24) is 9.88 Å². The van der Waals surface area contributed by atoms with Gasteiger partial charge in [-0.25, -0.2) is 0 Å². The number of nitrogens with zero attached hydrogens (tertiary/aromatic N) is 2. The molecule has 0 aliphatic carbocycles. The molecule has 7 heteroatoms. The molecule has 0 fully saturated rings. The highest BCUT2D eigenvalue weighted by Gasteiger charge is 2.18. The van der Waals surface area contributed by atoms with Crippen molar-refractivity contribution in [2.75, 3.05) is 18.9 Å². The molecule has 2 amide bonds. The average Bonchev–Trinajstić information content (AvgIpc) is 2.63. The number of carbonyl (C=O) groups is 2. The van der Waals surface area contributed by atoms with Crippen molar-refractivity contribution in [3.63, 3.8) is 0 Å². The number of pyridine rings is 1. The minimum absolute atomic E-state index is 0.121. The largest absolute Gasteiger partial charge is 0.331 e. The zero-order chi connectivity index (χ0) is 18.7. The summed E-state index contributed by atoms with van der Waals surface area (Å²) < 4.78 is 0. The quantitative estimate of drug-likeness (QED) is 0.727. The Hall–Kier alpha value is -2.63. The molecule has 1 N–H and O–H groups in total. The lowest BCUT2D eigenvalue weighted by atomic mass is 10.1. The van der Waals surface area contributed by atoms with Crippen LogP contribution in [0.25, 0.3) is 10.8 Å². The van der Waals surface area contributed by atoms with Crippen molar-refractivity contribution in [3.05, 3.63) is 70.5 Å². The van der Waals surface area contributed by atoms with E-state index >= 15 is 0 Å². The molecule has 1 aromatic heterocycles. The first-order valence-corrected chi connectivity index (χ1v) is 8.55. The summed E-state index contributed by atoms with van der Waals surface area (Å²) in [6, 6.07) is 14.1. The molecule has 132 valence electrons. The van der Waals surface area contributed by atoms with Crippen LogP contribution in [0, 0.1) is 0 Å². The van der Waals surface area contributed by atoms with Gasteiger partial charge in [-0.2, -0.15) is 0 Å². The smallest absolute Gasteiger partial charge is 0.273 e. The van der Waals surface area contributed by atoms with Crippen molar-refractivity contribution in [2.24, 2.45) is 0 Å². The van der Waals surface area contributed by atoms with Crippen LogP contribution in [0.2, 0.25) is 10.0 Å². The standard InChI is InChI=1S/C19H15Cl2N3O2/c1-24(11-17(25)23-13-6-7-15(20)16(21)10-13)19(26)18-14-5-3-2-4-12(14)8-9-22-18/h2-10H,11H2,1H3,(H,23,25). The normalized spacial score (nSPS) is 10.6. The number of halogens is 2. The number of carbonyl (C=O) groups excluding carboxylic acids is 2. The predicted octanol–water partition coefficient (Wildman–Crippen LogP) is 4.25. The molecule has 0 radical (unpaired) electrons. The number of fused-ring (bicyclic) bond motifs is 1. The molecule has 0 bridgehead atoms. The van der Waals surface area contributed by atoms with Crippen LogP contribution in [0.4, 0.5) is 5.69 Å². The summed E-state index contributed by atoms with van der Waals surface area (Å²) in [6.07, 6.45) is 1.58. The fourth-order valence-corrected chi connectivity index (χ4v) is 2.83. The van der Waals surface area contributed by atoms with Gasteiger partial charge in [-0.15, -0.1) is 0 Å². The maximum absolute atomic E-state index is 12.7. The average molecular weight is 388 g/mol. The summed E-state index contributed by atoms with van der Waals surface area (Å²) in [4.78, 5) is 30.4. The lowest BCUT2D eigenvalue weighted by Gasteiger charge is -2.17. The molecule has 0 unspecified atom stereocenters. The summed E-state index contributed by atoms with van der Waals surface area (Å²) in [5.74, 6) is -0.675. The number of rotatable bonds is 4. The molecule has 5 nitrogen and oxygen atoms in total. The number of hydrogen-bond acceptors (Lipinski definition) is 3.